The number of fused-ring (bicyclic) bond motifs is 1. The van der Waals surface area contributed by atoms with Gasteiger partial charge in [0.2, 0.25) is 5.88 Å². The molecule has 0 atom stereocenters. The number of anilines is 1. The Balaban J connectivity index is 2.00. The van der Waals surface area contributed by atoms with Crippen LogP contribution in [0.25, 0.3) is 4.96 Å². The summed E-state index contributed by atoms with van der Waals surface area (Å²) in [4.78, 5) is 4.50. The average molecular weight is 347 g/mol. The smallest absolute Gasteiger partial charge is 0.283 e. The molecule has 21 heavy (non-hydrogen) atoms. The van der Waals surface area contributed by atoms with Crippen LogP contribution in [0.3, 0.4) is 0 Å². The van der Waals surface area contributed by atoms with Crippen LogP contribution in [0.4, 0.5) is 5.88 Å². The molecule has 0 radical (unpaired) electrons. The number of nitrogens with one attached hydrogen (secondary N) is 1. The third kappa shape index (κ3) is 2.52. The lowest BCUT2D eigenvalue weighted by Gasteiger charge is -2.03. The highest BCUT2D eigenvalue weighted by Crippen LogP contribution is 2.27. The predicted octanol–water partition coefficient (Wildman–Crippen LogP) is 2.96. The van der Waals surface area contributed by atoms with Gasteiger partial charge in [-0.15, -0.1) is 11.3 Å². The molecule has 0 aromatic carbocycles. The topological polar surface area (TPSA) is 89.5 Å². The number of aromatic nitrogens is 3. The Morgan fingerprint density at radius 3 is 2.90 bits per heavy atom. The van der Waals surface area contributed by atoms with E-state index >= 15 is 0 Å². The summed E-state index contributed by atoms with van der Waals surface area (Å²) < 4.78 is 33.6. The van der Waals surface area contributed by atoms with Crippen LogP contribution in [0.15, 0.2) is 27.2 Å². The van der Waals surface area contributed by atoms with Gasteiger partial charge in [-0.25, -0.2) is 9.71 Å². The standard InChI is InChI=1S/C11H11ClN4O3S2/c1-6(2)7-5-8(19-14-7)15-21(17,18)10-9(12)13-11-16(10)3-4-20-11/h3-6,15H,1-2H3. The third-order valence-electron chi connectivity index (χ3n) is 2.79. The molecule has 3 aromatic heterocycles. The van der Waals surface area contributed by atoms with Gasteiger partial charge in [0.1, 0.15) is 0 Å². The van der Waals surface area contributed by atoms with E-state index in [1.165, 1.54) is 15.7 Å². The largest absolute Gasteiger partial charge is 0.338 e. The van der Waals surface area contributed by atoms with Gasteiger partial charge in [0.05, 0.1) is 5.69 Å². The summed E-state index contributed by atoms with van der Waals surface area (Å²) in [5.74, 6) is 0.175. The minimum absolute atomic E-state index is 0.0416. The van der Waals surface area contributed by atoms with Crippen LogP contribution >= 0.6 is 22.9 Å². The van der Waals surface area contributed by atoms with Crippen LogP contribution in [0.2, 0.25) is 5.15 Å². The average Bonchev–Trinajstić information content (AvgIpc) is 3.02. The molecule has 7 nitrogen and oxygen atoms in total. The number of hydrogen-bond donors (Lipinski definition) is 1. The second kappa shape index (κ2) is 5.00. The molecule has 112 valence electrons. The van der Waals surface area contributed by atoms with Crippen molar-refractivity contribution in [2.45, 2.75) is 24.8 Å². The molecule has 0 unspecified atom stereocenters. The summed E-state index contributed by atoms with van der Waals surface area (Å²) >= 11 is 7.22. The highest BCUT2D eigenvalue weighted by atomic mass is 35.5. The minimum atomic E-state index is -3.92. The van der Waals surface area contributed by atoms with E-state index in [0.717, 1.165) is 0 Å². The lowest BCUT2D eigenvalue weighted by molar-refractivity contribution is 0.423. The molecule has 3 rings (SSSR count). The van der Waals surface area contributed by atoms with Gasteiger partial charge in [0.25, 0.3) is 10.0 Å². The molecule has 0 aliphatic heterocycles. The monoisotopic (exact) mass is 346 g/mol. The number of nitrogens with zero attached hydrogens (tertiary/aromatic N) is 3. The van der Waals surface area contributed by atoms with Crippen molar-refractivity contribution in [3.05, 3.63) is 28.5 Å². The molecule has 3 heterocycles. The molecule has 3 aromatic rings. The molecule has 0 saturated carbocycles. The Kier molecular flexibility index (Phi) is 3.42. The first-order valence-corrected chi connectivity index (χ1v) is 8.73. The van der Waals surface area contributed by atoms with Crippen molar-refractivity contribution in [3.8, 4) is 0 Å². The highest BCUT2D eigenvalue weighted by molar-refractivity contribution is 7.92. The second-order valence-corrected chi connectivity index (χ2v) is 7.47. The lowest BCUT2D eigenvalue weighted by atomic mass is 10.1. The fraction of sp³-hybridized carbons (Fsp3) is 0.273. The van der Waals surface area contributed by atoms with Crippen LogP contribution in [0.1, 0.15) is 25.5 Å². The fourth-order valence-corrected chi connectivity index (χ4v) is 4.20. The summed E-state index contributed by atoms with van der Waals surface area (Å²) in [6.45, 7) is 3.86. The maximum absolute atomic E-state index is 12.4. The summed E-state index contributed by atoms with van der Waals surface area (Å²) in [5, 5.41) is 5.32. The van der Waals surface area contributed by atoms with Crippen LogP contribution in [-0.4, -0.2) is 23.0 Å². The quantitative estimate of drug-likeness (QED) is 0.784. The first-order valence-electron chi connectivity index (χ1n) is 5.99. The molecular formula is C11H11ClN4O3S2. The van der Waals surface area contributed by atoms with Crippen molar-refractivity contribution in [3.63, 3.8) is 0 Å². The molecule has 0 spiro atoms. The van der Waals surface area contributed by atoms with Crippen molar-refractivity contribution < 1.29 is 12.9 Å². The third-order valence-corrected chi connectivity index (χ3v) is 5.29. The maximum Gasteiger partial charge on any atom is 0.283 e. The number of hydrogen-bond acceptors (Lipinski definition) is 6. The van der Waals surface area contributed by atoms with Crippen molar-refractivity contribution >= 4 is 43.8 Å². The Bertz CT molecular complexity index is 894. The number of sulfonamides is 1. The van der Waals surface area contributed by atoms with Crippen molar-refractivity contribution in [1.29, 1.82) is 0 Å². The Morgan fingerprint density at radius 2 is 2.24 bits per heavy atom. The van der Waals surface area contributed by atoms with E-state index in [-0.39, 0.29) is 22.0 Å². The molecule has 1 N–H and O–H groups in total. The fourth-order valence-electron chi connectivity index (χ4n) is 1.77. The Labute approximate surface area is 129 Å². The number of rotatable bonds is 4. The zero-order chi connectivity index (χ0) is 15.2. The van der Waals surface area contributed by atoms with Crippen molar-refractivity contribution in [2.75, 3.05) is 4.72 Å². The summed E-state index contributed by atoms with van der Waals surface area (Å²) in [7, 11) is -3.92. The van der Waals surface area contributed by atoms with Gasteiger partial charge in [-0.3, -0.25) is 4.40 Å². The van der Waals surface area contributed by atoms with E-state index in [4.69, 9.17) is 16.1 Å². The van der Waals surface area contributed by atoms with Gasteiger partial charge in [0.15, 0.2) is 15.1 Å². The molecular weight excluding hydrogens is 336 g/mol. The van der Waals surface area contributed by atoms with E-state index in [1.807, 2.05) is 13.8 Å². The van der Waals surface area contributed by atoms with Gasteiger partial charge >= 0.3 is 0 Å². The van der Waals surface area contributed by atoms with E-state index in [2.05, 4.69) is 14.9 Å². The minimum Gasteiger partial charge on any atom is -0.338 e. The van der Waals surface area contributed by atoms with Crippen LogP contribution in [-0.2, 0) is 10.0 Å². The van der Waals surface area contributed by atoms with Gasteiger partial charge in [-0.2, -0.15) is 8.42 Å². The molecule has 10 heteroatoms. The van der Waals surface area contributed by atoms with E-state index in [0.29, 0.717) is 10.7 Å². The zero-order valence-corrected chi connectivity index (χ0v) is 13.5. The number of halogens is 1. The SMILES string of the molecule is CC(C)c1cc(NS(=O)(=O)c2c(Cl)nc3sccn23)on1. The van der Waals surface area contributed by atoms with E-state index in [9.17, 15) is 8.42 Å². The van der Waals surface area contributed by atoms with Crippen molar-refractivity contribution in [1.82, 2.24) is 14.5 Å². The second-order valence-electron chi connectivity index (χ2n) is 4.64. The van der Waals surface area contributed by atoms with Crippen LogP contribution in [0, 0.1) is 0 Å². The van der Waals surface area contributed by atoms with Crippen LogP contribution < -0.4 is 4.72 Å². The normalized spacial score (nSPS) is 12.4. The maximum atomic E-state index is 12.4. The van der Waals surface area contributed by atoms with Gasteiger partial charge < -0.3 is 4.52 Å². The number of imidazole rings is 1. The van der Waals surface area contributed by atoms with Gasteiger partial charge in [-0.1, -0.05) is 30.6 Å². The molecule has 0 saturated heterocycles. The summed E-state index contributed by atoms with van der Waals surface area (Å²) in [6.07, 6.45) is 1.59. The van der Waals surface area contributed by atoms with Crippen molar-refractivity contribution in [2.24, 2.45) is 0 Å². The number of thiazole rings is 1. The highest BCUT2D eigenvalue weighted by Gasteiger charge is 2.26. The molecule has 0 bridgehead atoms. The molecule has 0 fully saturated rings. The zero-order valence-electron chi connectivity index (χ0n) is 11.1. The molecule has 0 aliphatic rings. The molecule has 0 aliphatic carbocycles. The predicted molar refractivity (Wildman–Crippen MR) is 79.5 cm³/mol. The Morgan fingerprint density at radius 1 is 1.48 bits per heavy atom. The first-order chi connectivity index (χ1) is 9.88. The van der Waals surface area contributed by atoms with Gasteiger partial charge in [-0.05, 0) is 5.92 Å². The van der Waals surface area contributed by atoms with Gasteiger partial charge in [0, 0.05) is 17.6 Å². The first kappa shape index (κ1) is 14.4. The lowest BCUT2D eigenvalue weighted by Crippen LogP contribution is -2.14. The summed E-state index contributed by atoms with van der Waals surface area (Å²) in [5.41, 5.74) is 0.660. The molecule has 0 amide bonds. The Hall–Kier alpha value is -1.58. The summed E-state index contributed by atoms with van der Waals surface area (Å²) in [6, 6.07) is 1.54. The van der Waals surface area contributed by atoms with E-state index in [1.54, 1.807) is 17.6 Å². The van der Waals surface area contributed by atoms with E-state index < -0.39 is 10.0 Å². The van der Waals surface area contributed by atoms with Crippen LogP contribution in [0.5, 0.6) is 0 Å².